The molecule has 1 aliphatic heterocycles. The Bertz CT molecular complexity index is 1580. The number of carbonyl (C=O) groups excluding carboxylic acids is 2. The molecule has 1 aliphatic rings. The van der Waals surface area contributed by atoms with Crippen molar-refractivity contribution in [1.82, 2.24) is 4.98 Å². The third-order valence-electron chi connectivity index (χ3n) is 6.15. The van der Waals surface area contributed by atoms with E-state index in [0.29, 0.717) is 45.2 Å². The van der Waals surface area contributed by atoms with Gasteiger partial charge in [0.1, 0.15) is 17.3 Å². The zero-order valence-corrected chi connectivity index (χ0v) is 21.5. The molecule has 1 unspecified atom stereocenters. The summed E-state index contributed by atoms with van der Waals surface area (Å²) in [6.45, 7) is 2.33. The Morgan fingerprint density at radius 2 is 1.76 bits per heavy atom. The standard InChI is InChI=1S/C28H23FN2O6S/c1-4-37-18-9-5-15(6-10-18)25(32)23-24(16-7-12-20(35-2)21(13-16)36-3)31(27(34)26(23)33)28-30-19-11-8-17(29)14-22(19)38-28/h5-14,24,32H,4H2,1-3H3/b25-23+. The number of rotatable bonds is 7. The van der Waals surface area contributed by atoms with Crippen LogP contribution in [-0.4, -0.2) is 42.6 Å². The van der Waals surface area contributed by atoms with E-state index >= 15 is 0 Å². The molecule has 5 rings (SSSR count). The summed E-state index contributed by atoms with van der Waals surface area (Å²) in [6.07, 6.45) is 0. The molecule has 0 radical (unpaired) electrons. The number of anilines is 1. The van der Waals surface area contributed by atoms with E-state index in [1.165, 1.54) is 37.3 Å². The number of fused-ring (bicyclic) bond motifs is 1. The van der Waals surface area contributed by atoms with Crippen molar-refractivity contribution < 1.29 is 33.3 Å². The molecule has 38 heavy (non-hydrogen) atoms. The van der Waals surface area contributed by atoms with Gasteiger partial charge in [0.25, 0.3) is 5.78 Å². The summed E-state index contributed by atoms with van der Waals surface area (Å²) in [4.78, 5) is 32.6. The van der Waals surface area contributed by atoms with Crippen molar-refractivity contribution >= 4 is 44.1 Å². The molecule has 0 bridgehead atoms. The van der Waals surface area contributed by atoms with Crippen molar-refractivity contribution in [2.45, 2.75) is 13.0 Å². The SMILES string of the molecule is CCOc1ccc(/C(O)=C2\C(=O)C(=O)N(c3nc4ccc(F)cc4s3)C2c2ccc(OC)c(OC)c2)cc1. The van der Waals surface area contributed by atoms with Crippen LogP contribution in [0.4, 0.5) is 9.52 Å². The van der Waals surface area contributed by atoms with Gasteiger partial charge in [-0.1, -0.05) is 17.4 Å². The number of amides is 1. The fourth-order valence-corrected chi connectivity index (χ4v) is 5.41. The lowest BCUT2D eigenvalue weighted by Gasteiger charge is -2.23. The number of thiazole rings is 1. The van der Waals surface area contributed by atoms with Crippen molar-refractivity contribution in [2.75, 3.05) is 25.7 Å². The fourth-order valence-electron chi connectivity index (χ4n) is 4.39. The Morgan fingerprint density at radius 3 is 2.45 bits per heavy atom. The number of Topliss-reactive ketones (excluding diaryl/α,β-unsaturated/α-hetero) is 1. The van der Waals surface area contributed by atoms with Crippen LogP contribution in [0.5, 0.6) is 17.2 Å². The molecule has 3 aromatic carbocycles. The van der Waals surface area contributed by atoms with Gasteiger partial charge < -0.3 is 19.3 Å². The number of ether oxygens (including phenoxy) is 3. The number of benzene rings is 3. The molecular weight excluding hydrogens is 511 g/mol. The number of hydrogen-bond acceptors (Lipinski definition) is 8. The van der Waals surface area contributed by atoms with Gasteiger partial charge in [-0.3, -0.25) is 14.5 Å². The number of ketones is 1. The number of methoxy groups -OCH3 is 2. The molecular formula is C28H23FN2O6S. The first-order valence-electron chi connectivity index (χ1n) is 11.7. The second-order valence-corrected chi connectivity index (χ2v) is 9.36. The lowest BCUT2D eigenvalue weighted by atomic mass is 9.95. The molecule has 1 fully saturated rings. The van der Waals surface area contributed by atoms with Crippen LogP contribution >= 0.6 is 11.3 Å². The van der Waals surface area contributed by atoms with Gasteiger partial charge in [0, 0.05) is 5.56 Å². The number of carbonyl (C=O) groups is 2. The third kappa shape index (κ3) is 4.32. The predicted molar refractivity (Wildman–Crippen MR) is 142 cm³/mol. The summed E-state index contributed by atoms with van der Waals surface area (Å²) in [7, 11) is 2.97. The lowest BCUT2D eigenvalue weighted by molar-refractivity contribution is -0.132. The molecule has 1 amide bonds. The van der Waals surface area contributed by atoms with E-state index in [2.05, 4.69) is 4.98 Å². The topological polar surface area (TPSA) is 98.2 Å². The smallest absolute Gasteiger partial charge is 0.301 e. The Morgan fingerprint density at radius 1 is 1.03 bits per heavy atom. The molecule has 1 aromatic heterocycles. The van der Waals surface area contributed by atoms with E-state index in [4.69, 9.17) is 14.2 Å². The van der Waals surface area contributed by atoms with Gasteiger partial charge in [0.15, 0.2) is 16.6 Å². The van der Waals surface area contributed by atoms with Gasteiger partial charge in [0.2, 0.25) is 0 Å². The molecule has 1 saturated heterocycles. The van der Waals surface area contributed by atoms with Gasteiger partial charge in [-0.2, -0.15) is 0 Å². The minimum Gasteiger partial charge on any atom is -0.507 e. The molecule has 8 nitrogen and oxygen atoms in total. The fraction of sp³-hybridized carbons (Fsp3) is 0.179. The summed E-state index contributed by atoms with van der Waals surface area (Å²) in [5.41, 5.74) is 1.19. The number of aliphatic hydroxyl groups is 1. The molecule has 0 aliphatic carbocycles. The van der Waals surface area contributed by atoms with Gasteiger partial charge >= 0.3 is 5.91 Å². The Hall–Kier alpha value is -4.44. The van der Waals surface area contributed by atoms with Gasteiger partial charge in [-0.05, 0) is 67.1 Å². The summed E-state index contributed by atoms with van der Waals surface area (Å²) >= 11 is 1.07. The molecule has 10 heteroatoms. The average molecular weight is 535 g/mol. The zero-order valence-electron chi connectivity index (χ0n) is 20.7. The highest BCUT2D eigenvalue weighted by Gasteiger charge is 2.48. The van der Waals surface area contributed by atoms with Crippen LogP contribution in [-0.2, 0) is 9.59 Å². The molecule has 0 saturated carbocycles. The van der Waals surface area contributed by atoms with Crippen LogP contribution in [0.15, 0.2) is 66.2 Å². The largest absolute Gasteiger partial charge is 0.507 e. The minimum absolute atomic E-state index is 0.114. The van der Waals surface area contributed by atoms with Crippen LogP contribution in [0.25, 0.3) is 16.0 Å². The quantitative estimate of drug-likeness (QED) is 0.191. The van der Waals surface area contributed by atoms with Crippen LogP contribution in [0.1, 0.15) is 24.1 Å². The summed E-state index contributed by atoms with van der Waals surface area (Å²) in [6, 6.07) is 14.6. The number of aromatic nitrogens is 1. The maximum absolute atomic E-state index is 13.9. The van der Waals surface area contributed by atoms with Crippen molar-refractivity contribution in [2.24, 2.45) is 0 Å². The molecule has 1 atom stereocenters. The van der Waals surface area contributed by atoms with E-state index in [1.807, 2.05) is 6.92 Å². The van der Waals surface area contributed by atoms with Crippen LogP contribution in [0.3, 0.4) is 0 Å². The lowest BCUT2D eigenvalue weighted by Crippen LogP contribution is -2.29. The number of nitrogens with zero attached hydrogens (tertiary/aromatic N) is 2. The minimum atomic E-state index is -1.04. The maximum Gasteiger partial charge on any atom is 0.301 e. The highest BCUT2D eigenvalue weighted by molar-refractivity contribution is 7.22. The van der Waals surface area contributed by atoms with Gasteiger partial charge in [0.05, 0.1) is 42.7 Å². The van der Waals surface area contributed by atoms with Gasteiger partial charge in [-0.15, -0.1) is 0 Å². The van der Waals surface area contributed by atoms with Crippen LogP contribution in [0.2, 0.25) is 0 Å². The number of hydrogen-bond donors (Lipinski definition) is 1. The van der Waals surface area contributed by atoms with Crippen molar-refractivity contribution in [1.29, 1.82) is 0 Å². The van der Waals surface area contributed by atoms with E-state index in [-0.39, 0.29) is 16.5 Å². The summed E-state index contributed by atoms with van der Waals surface area (Å²) in [5, 5.41) is 11.5. The average Bonchev–Trinajstić information content (AvgIpc) is 3.45. The first kappa shape index (κ1) is 25.2. The molecule has 4 aromatic rings. The molecule has 1 N–H and O–H groups in total. The zero-order chi connectivity index (χ0) is 27.0. The first-order chi connectivity index (χ1) is 18.4. The monoisotopic (exact) mass is 534 g/mol. The summed E-state index contributed by atoms with van der Waals surface area (Å²) < 4.78 is 30.6. The summed E-state index contributed by atoms with van der Waals surface area (Å²) in [5.74, 6) is -1.10. The third-order valence-corrected chi connectivity index (χ3v) is 7.17. The first-order valence-corrected chi connectivity index (χ1v) is 12.5. The van der Waals surface area contributed by atoms with Crippen LogP contribution < -0.4 is 19.1 Å². The molecule has 2 heterocycles. The second kappa shape index (κ2) is 10.1. The van der Waals surface area contributed by atoms with Crippen molar-refractivity contribution in [3.05, 3.63) is 83.2 Å². The number of halogens is 1. The van der Waals surface area contributed by atoms with E-state index in [1.54, 1.807) is 42.5 Å². The Balaban J connectivity index is 1.71. The molecule has 194 valence electrons. The number of aliphatic hydroxyl groups excluding tert-OH is 1. The van der Waals surface area contributed by atoms with E-state index < -0.39 is 23.5 Å². The Labute approximate surface area is 221 Å². The predicted octanol–water partition coefficient (Wildman–Crippen LogP) is 5.48. The highest BCUT2D eigenvalue weighted by Crippen LogP contribution is 2.46. The van der Waals surface area contributed by atoms with E-state index in [9.17, 15) is 19.1 Å². The van der Waals surface area contributed by atoms with Gasteiger partial charge in [-0.25, -0.2) is 9.37 Å². The normalized spacial score (nSPS) is 16.7. The van der Waals surface area contributed by atoms with E-state index in [0.717, 1.165) is 11.3 Å². The molecule has 0 spiro atoms. The maximum atomic E-state index is 13.9. The van der Waals surface area contributed by atoms with Crippen LogP contribution in [0, 0.1) is 5.82 Å². The highest BCUT2D eigenvalue weighted by atomic mass is 32.1. The Kier molecular flexibility index (Phi) is 6.73. The van der Waals surface area contributed by atoms with Crippen molar-refractivity contribution in [3.8, 4) is 17.2 Å². The second-order valence-electron chi connectivity index (χ2n) is 8.35. The van der Waals surface area contributed by atoms with Crippen molar-refractivity contribution in [3.63, 3.8) is 0 Å².